The maximum absolute atomic E-state index is 13.4. The van der Waals surface area contributed by atoms with Crippen LogP contribution >= 0.6 is 0 Å². The van der Waals surface area contributed by atoms with Crippen molar-refractivity contribution in [3.8, 4) is 0 Å². The van der Waals surface area contributed by atoms with Crippen molar-refractivity contribution in [2.75, 3.05) is 9.62 Å². The first-order valence-corrected chi connectivity index (χ1v) is 10.9. The number of benzene rings is 3. The van der Waals surface area contributed by atoms with Crippen LogP contribution in [-0.4, -0.2) is 14.5 Å². The lowest BCUT2D eigenvalue weighted by atomic mass is 9.93. The predicted octanol–water partition coefficient (Wildman–Crippen LogP) is 5.14. The van der Waals surface area contributed by atoms with Gasteiger partial charge < -0.3 is 5.32 Å². The van der Waals surface area contributed by atoms with Crippen LogP contribution in [0.3, 0.4) is 0 Å². The van der Waals surface area contributed by atoms with Gasteiger partial charge in [0.05, 0.1) is 16.6 Å². The monoisotopic (exact) mass is 392 g/mol. The molecule has 0 saturated heterocycles. The lowest BCUT2D eigenvalue weighted by Crippen LogP contribution is -2.44. The van der Waals surface area contributed by atoms with Gasteiger partial charge in [-0.15, -0.1) is 0 Å². The third-order valence-corrected chi connectivity index (χ3v) is 7.16. The molecule has 1 N–H and O–H groups in total. The Morgan fingerprint density at radius 1 is 0.893 bits per heavy atom. The molecule has 1 aliphatic heterocycles. The number of sulfonamides is 1. The molecule has 4 nitrogen and oxygen atoms in total. The van der Waals surface area contributed by atoms with Crippen molar-refractivity contribution >= 4 is 21.4 Å². The second kappa shape index (κ2) is 7.32. The number of anilines is 2. The molecule has 3 aromatic rings. The molecule has 0 saturated carbocycles. The molecule has 3 aromatic carbocycles. The minimum Gasteiger partial charge on any atom is -0.378 e. The van der Waals surface area contributed by atoms with Crippen molar-refractivity contribution in [1.82, 2.24) is 0 Å². The van der Waals surface area contributed by atoms with Crippen molar-refractivity contribution in [1.29, 1.82) is 0 Å². The largest absolute Gasteiger partial charge is 0.378 e. The van der Waals surface area contributed by atoms with Crippen LogP contribution in [0.15, 0.2) is 83.8 Å². The maximum Gasteiger partial charge on any atom is 0.264 e. The van der Waals surface area contributed by atoms with E-state index in [0.29, 0.717) is 11.3 Å². The lowest BCUT2D eigenvalue weighted by molar-refractivity contribution is 0.537. The van der Waals surface area contributed by atoms with E-state index in [-0.39, 0.29) is 12.1 Å². The number of hydrogen-bond donors (Lipinski definition) is 1. The molecule has 0 spiro atoms. The Balaban J connectivity index is 1.75. The molecule has 5 heteroatoms. The summed E-state index contributed by atoms with van der Waals surface area (Å²) in [6, 6.07) is 24.8. The van der Waals surface area contributed by atoms with E-state index in [0.717, 1.165) is 22.5 Å². The average Bonchev–Trinajstić information content (AvgIpc) is 2.69. The van der Waals surface area contributed by atoms with Gasteiger partial charge in [0.2, 0.25) is 0 Å². The summed E-state index contributed by atoms with van der Waals surface area (Å²) in [6.07, 6.45) is 0.691. The summed E-state index contributed by atoms with van der Waals surface area (Å²) in [4.78, 5) is 0.328. The summed E-state index contributed by atoms with van der Waals surface area (Å²) in [5.41, 5.74) is 3.82. The van der Waals surface area contributed by atoms with Crippen LogP contribution in [-0.2, 0) is 10.0 Å². The molecule has 0 bridgehead atoms. The van der Waals surface area contributed by atoms with Gasteiger partial charge in [-0.1, -0.05) is 54.1 Å². The number of rotatable bonds is 4. The van der Waals surface area contributed by atoms with Gasteiger partial charge in [-0.3, -0.25) is 4.31 Å². The fourth-order valence-electron chi connectivity index (χ4n) is 3.85. The topological polar surface area (TPSA) is 49.4 Å². The second-order valence-electron chi connectivity index (χ2n) is 7.32. The zero-order chi connectivity index (χ0) is 19.7. The van der Waals surface area contributed by atoms with E-state index in [2.05, 4.69) is 5.32 Å². The SMILES string of the molecule is Cc1ccc(S(=O)(=O)N2c3ccccc3[C@@H](Nc3ccccc3)C[C@H]2C)cc1. The Morgan fingerprint density at radius 3 is 2.25 bits per heavy atom. The van der Waals surface area contributed by atoms with E-state index in [4.69, 9.17) is 0 Å². The molecule has 0 unspecified atom stereocenters. The van der Waals surface area contributed by atoms with Crippen molar-refractivity contribution < 1.29 is 8.42 Å². The fourth-order valence-corrected chi connectivity index (χ4v) is 5.54. The van der Waals surface area contributed by atoms with E-state index in [1.165, 1.54) is 0 Å². The van der Waals surface area contributed by atoms with E-state index in [1.807, 2.05) is 80.6 Å². The van der Waals surface area contributed by atoms with E-state index >= 15 is 0 Å². The van der Waals surface area contributed by atoms with Crippen molar-refractivity contribution in [2.24, 2.45) is 0 Å². The highest BCUT2D eigenvalue weighted by atomic mass is 32.2. The summed E-state index contributed by atoms with van der Waals surface area (Å²) in [5, 5.41) is 3.57. The minimum absolute atomic E-state index is 0.0538. The smallest absolute Gasteiger partial charge is 0.264 e. The first-order valence-electron chi connectivity index (χ1n) is 9.48. The number of para-hydroxylation sites is 2. The molecule has 0 amide bonds. The highest BCUT2D eigenvalue weighted by molar-refractivity contribution is 7.92. The highest BCUT2D eigenvalue weighted by Crippen LogP contribution is 2.41. The molecule has 0 aromatic heterocycles. The van der Waals surface area contributed by atoms with Crippen LogP contribution in [0.25, 0.3) is 0 Å². The number of fused-ring (bicyclic) bond motifs is 1. The predicted molar refractivity (Wildman–Crippen MR) is 114 cm³/mol. The third-order valence-electron chi connectivity index (χ3n) is 5.22. The van der Waals surface area contributed by atoms with Crippen LogP contribution in [0.2, 0.25) is 0 Å². The molecule has 1 heterocycles. The van der Waals surface area contributed by atoms with Gasteiger partial charge >= 0.3 is 0 Å². The molecule has 4 rings (SSSR count). The quantitative estimate of drug-likeness (QED) is 0.669. The van der Waals surface area contributed by atoms with Crippen LogP contribution < -0.4 is 9.62 Å². The Kier molecular flexibility index (Phi) is 4.85. The molecule has 0 fully saturated rings. The molecule has 0 aliphatic carbocycles. The maximum atomic E-state index is 13.4. The minimum atomic E-state index is -3.63. The van der Waals surface area contributed by atoms with Crippen LogP contribution in [0.4, 0.5) is 11.4 Å². The summed E-state index contributed by atoms with van der Waals surface area (Å²) in [7, 11) is -3.63. The van der Waals surface area contributed by atoms with Crippen molar-refractivity contribution in [3.63, 3.8) is 0 Å². The Hall–Kier alpha value is -2.79. The number of aryl methyl sites for hydroxylation is 1. The van der Waals surface area contributed by atoms with E-state index < -0.39 is 10.0 Å². The van der Waals surface area contributed by atoms with Crippen LogP contribution in [0.1, 0.15) is 30.5 Å². The van der Waals surface area contributed by atoms with Crippen LogP contribution in [0, 0.1) is 6.92 Å². The van der Waals surface area contributed by atoms with Crippen LogP contribution in [0.5, 0.6) is 0 Å². The standard InChI is InChI=1S/C23H24N2O2S/c1-17-12-14-20(15-13-17)28(26,27)25-18(2)16-22(21-10-6-7-11-23(21)25)24-19-8-4-3-5-9-19/h3-15,18,22,24H,16H2,1-2H3/t18-,22+/m1/s1. The second-order valence-corrected chi connectivity index (χ2v) is 9.14. The van der Waals surface area contributed by atoms with Gasteiger partial charge in [-0.05, 0) is 56.2 Å². The van der Waals surface area contributed by atoms with Crippen molar-refractivity contribution in [2.45, 2.75) is 37.2 Å². The summed E-state index contributed by atoms with van der Waals surface area (Å²) in [5.74, 6) is 0. The summed E-state index contributed by atoms with van der Waals surface area (Å²) >= 11 is 0. The Morgan fingerprint density at radius 2 is 1.54 bits per heavy atom. The van der Waals surface area contributed by atoms with Crippen molar-refractivity contribution in [3.05, 3.63) is 90.0 Å². The molecule has 1 aliphatic rings. The fraction of sp³-hybridized carbons (Fsp3) is 0.217. The average molecular weight is 393 g/mol. The lowest BCUT2D eigenvalue weighted by Gasteiger charge is -2.40. The molecular weight excluding hydrogens is 368 g/mol. The first kappa shape index (κ1) is 18.6. The third kappa shape index (κ3) is 3.38. The van der Waals surface area contributed by atoms with Gasteiger partial charge in [-0.25, -0.2) is 8.42 Å². The highest BCUT2D eigenvalue weighted by Gasteiger charge is 2.37. The summed E-state index contributed by atoms with van der Waals surface area (Å²) < 4.78 is 28.5. The molecule has 144 valence electrons. The first-order chi connectivity index (χ1) is 13.5. The zero-order valence-electron chi connectivity index (χ0n) is 16.0. The molecule has 0 radical (unpaired) electrons. The van der Waals surface area contributed by atoms with E-state index in [9.17, 15) is 8.42 Å². The van der Waals surface area contributed by atoms with Gasteiger partial charge in [0, 0.05) is 11.7 Å². The summed E-state index contributed by atoms with van der Waals surface area (Å²) in [6.45, 7) is 3.93. The normalized spacial score (nSPS) is 19.1. The number of hydrogen-bond acceptors (Lipinski definition) is 3. The Bertz CT molecular complexity index is 1060. The Labute approximate surface area is 166 Å². The van der Waals surface area contributed by atoms with Gasteiger partial charge in [0.1, 0.15) is 0 Å². The van der Waals surface area contributed by atoms with Gasteiger partial charge in [0.15, 0.2) is 0 Å². The van der Waals surface area contributed by atoms with Gasteiger partial charge in [0.25, 0.3) is 10.0 Å². The number of nitrogens with one attached hydrogen (secondary N) is 1. The van der Waals surface area contributed by atoms with Gasteiger partial charge in [-0.2, -0.15) is 0 Å². The zero-order valence-corrected chi connectivity index (χ0v) is 16.9. The molecular formula is C23H24N2O2S. The molecule has 28 heavy (non-hydrogen) atoms. The number of nitrogens with zero attached hydrogens (tertiary/aromatic N) is 1. The van der Waals surface area contributed by atoms with E-state index in [1.54, 1.807) is 16.4 Å². The molecule has 2 atom stereocenters.